The standard InChI is InChI=1S/C47H70O5/c1-3-5-7-9-11-13-15-17-19-21-23-25-27-29-31-33-35-37-39-41-46(49)51-44-45(43-48)52-47(50)42-40-38-36-34-32-30-28-26-24-22-20-18-16-14-12-10-8-6-4-2/h5-8,11-14,17-20,23-26,29-32,36,38,45,48H,3-4,9-10,15-16,21-22,27-28,33-35,37,39-44H2,1-2H3/b7-5+,8-6+,13-11+,14-12+,19-17+,20-18+,25-23+,26-24+,31-29+,32-30+,38-36+/t45-/m0/s1. The molecular weight excluding hydrogens is 645 g/mol. The van der Waals surface area contributed by atoms with E-state index in [0.717, 1.165) is 96.3 Å². The highest BCUT2D eigenvalue weighted by atomic mass is 16.6. The summed E-state index contributed by atoms with van der Waals surface area (Å²) in [6.45, 7) is 3.79. The van der Waals surface area contributed by atoms with Crippen LogP contribution in [0.3, 0.4) is 0 Å². The van der Waals surface area contributed by atoms with Gasteiger partial charge in [0, 0.05) is 12.8 Å². The molecule has 0 heterocycles. The van der Waals surface area contributed by atoms with E-state index in [2.05, 4.69) is 135 Å². The number of rotatable bonds is 33. The number of carbonyl (C=O) groups excluding carboxylic acids is 2. The molecule has 0 radical (unpaired) electrons. The van der Waals surface area contributed by atoms with Gasteiger partial charge in [-0.15, -0.1) is 0 Å². The van der Waals surface area contributed by atoms with E-state index < -0.39 is 12.1 Å². The Morgan fingerprint density at radius 1 is 0.442 bits per heavy atom. The van der Waals surface area contributed by atoms with Crippen LogP contribution in [-0.4, -0.2) is 36.4 Å². The fourth-order valence-electron chi connectivity index (χ4n) is 4.54. The highest BCUT2D eigenvalue weighted by Crippen LogP contribution is 2.07. The van der Waals surface area contributed by atoms with Crippen LogP contribution >= 0.6 is 0 Å². The Bertz CT molecular complexity index is 1170. The first-order valence-corrected chi connectivity index (χ1v) is 19.7. The molecule has 0 bridgehead atoms. The Hall–Kier alpha value is -3.96. The van der Waals surface area contributed by atoms with Gasteiger partial charge in [-0.25, -0.2) is 0 Å². The molecule has 0 aliphatic rings. The minimum atomic E-state index is -0.836. The highest BCUT2D eigenvalue weighted by Gasteiger charge is 2.15. The van der Waals surface area contributed by atoms with Gasteiger partial charge in [-0.3, -0.25) is 9.59 Å². The first-order chi connectivity index (χ1) is 25.6. The fraction of sp³-hybridized carbons (Fsp3) is 0.489. The zero-order chi connectivity index (χ0) is 37.8. The average molecular weight is 715 g/mol. The van der Waals surface area contributed by atoms with Gasteiger partial charge in [0.15, 0.2) is 6.10 Å². The zero-order valence-electron chi connectivity index (χ0n) is 32.5. The van der Waals surface area contributed by atoms with Crippen LogP contribution in [0.4, 0.5) is 0 Å². The third-order valence-corrected chi connectivity index (χ3v) is 7.45. The Kier molecular flexibility index (Phi) is 38.3. The van der Waals surface area contributed by atoms with Crippen LogP contribution in [0.2, 0.25) is 0 Å². The van der Waals surface area contributed by atoms with Crippen molar-refractivity contribution < 1.29 is 24.2 Å². The molecule has 0 fully saturated rings. The normalized spacial score (nSPS) is 13.7. The minimum absolute atomic E-state index is 0.124. The van der Waals surface area contributed by atoms with E-state index in [1.54, 1.807) is 0 Å². The van der Waals surface area contributed by atoms with Crippen LogP contribution in [0.25, 0.3) is 0 Å². The van der Waals surface area contributed by atoms with E-state index in [-0.39, 0.29) is 25.6 Å². The molecule has 1 atom stereocenters. The molecule has 0 unspecified atom stereocenters. The van der Waals surface area contributed by atoms with E-state index in [4.69, 9.17) is 9.47 Å². The smallest absolute Gasteiger partial charge is 0.306 e. The lowest BCUT2D eigenvalue weighted by Gasteiger charge is -2.15. The van der Waals surface area contributed by atoms with E-state index in [0.29, 0.717) is 12.8 Å². The second-order valence-corrected chi connectivity index (χ2v) is 12.2. The number of allylic oxidation sites excluding steroid dienone is 22. The number of carbonyl (C=O) groups is 2. The van der Waals surface area contributed by atoms with Gasteiger partial charge in [0.05, 0.1) is 6.61 Å². The summed E-state index contributed by atoms with van der Waals surface area (Å²) >= 11 is 0. The molecule has 0 spiro atoms. The van der Waals surface area contributed by atoms with Gasteiger partial charge < -0.3 is 14.6 Å². The fourth-order valence-corrected chi connectivity index (χ4v) is 4.54. The third kappa shape index (κ3) is 38.8. The number of unbranched alkanes of at least 4 members (excludes halogenated alkanes) is 3. The maximum Gasteiger partial charge on any atom is 0.306 e. The maximum atomic E-state index is 12.1. The average Bonchev–Trinajstić information content (AvgIpc) is 3.15. The lowest BCUT2D eigenvalue weighted by molar-refractivity contribution is -0.161. The summed E-state index contributed by atoms with van der Waals surface area (Å²) in [7, 11) is 0. The van der Waals surface area contributed by atoms with Crippen molar-refractivity contribution in [2.24, 2.45) is 0 Å². The zero-order valence-corrected chi connectivity index (χ0v) is 32.5. The molecule has 0 rings (SSSR count). The van der Waals surface area contributed by atoms with Crippen LogP contribution in [0.15, 0.2) is 134 Å². The molecule has 0 saturated carbocycles. The monoisotopic (exact) mass is 715 g/mol. The maximum absolute atomic E-state index is 12.1. The summed E-state index contributed by atoms with van der Waals surface area (Å²) in [5, 5.41) is 9.55. The number of hydrogen-bond donors (Lipinski definition) is 1. The molecule has 5 nitrogen and oxygen atoms in total. The van der Waals surface area contributed by atoms with Gasteiger partial charge in [0.1, 0.15) is 6.61 Å². The summed E-state index contributed by atoms with van der Waals surface area (Å²) < 4.78 is 10.5. The van der Waals surface area contributed by atoms with Crippen LogP contribution in [0.1, 0.15) is 129 Å². The first-order valence-electron chi connectivity index (χ1n) is 19.7. The van der Waals surface area contributed by atoms with Crippen molar-refractivity contribution in [2.75, 3.05) is 13.2 Å². The number of aliphatic hydroxyl groups is 1. The van der Waals surface area contributed by atoms with Crippen molar-refractivity contribution in [3.05, 3.63) is 134 Å². The van der Waals surface area contributed by atoms with E-state index >= 15 is 0 Å². The molecular formula is C47H70O5. The molecule has 0 saturated heterocycles. The number of hydrogen-bond acceptors (Lipinski definition) is 5. The quantitative estimate of drug-likeness (QED) is 0.0416. The van der Waals surface area contributed by atoms with Crippen molar-refractivity contribution in [3.63, 3.8) is 0 Å². The molecule has 0 aliphatic heterocycles. The molecule has 0 aromatic rings. The SMILES string of the molecule is CC/C=C/C/C=C/C/C=C/C/C=C/C/C=C/C/C=C/CCC(=O)O[C@@H](CO)COC(=O)CCCCC/C=C/C/C=C/C/C=C/C/C=C/C/C=C/CC. The largest absolute Gasteiger partial charge is 0.462 e. The van der Waals surface area contributed by atoms with Gasteiger partial charge in [-0.1, -0.05) is 154 Å². The molecule has 288 valence electrons. The molecule has 0 aromatic carbocycles. The number of ether oxygens (including phenoxy) is 2. The summed E-state index contributed by atoms with van der Waals surface area (Å²) in [5.41, 5.74) is 0. The molecule has 5 heteroatoms. The molecule has 52 heavy (non-hydrogen) atoms. The lowest BCUT2D eigenvalue weighted by Crippen LogP contribution is -2.28. The summed E-state index contributed by atoms with van der Waals surface area (Å²) in [6.07, 6.45) is 62.3. The lowest BCUT2D eigenvalue weighted by atomic mass is 10.1. The van der Waals surface area contributed by atoms with Gasteiger partial charge in [0.25, 0.3) is 0 Å². The van der Waals surface area contributed by atoms with Gasteiger partial charge in [-0.05, 0) is 96.3 Å². The Morgan fingerprint density at radius 2 is 0.808 bits per heavy atom. The van der Waals surface area contributed by atoms with E-state index in [9.17, 15) is 14.7 Å². The minimum Gasteiger partial charge on any atom is -0.462 e. The summed E-state index contributed by atoms with van der Waals surface area (Å²) in [4.78, 5) is 24.2. The van der Waals surface area contributed by atoms with E-state index in [1.807, 2.05) is 12.2 Å². The Balaban J connectivity index is 3.81. The van der Waals surface area contributed by atoms with Crippen LogP contribution in [-0.2, 0) is 19.1 Å². The topological polar surface area (TPSA) is 72.8 Å². The predicted molar refractivity (Wildman–Crippen MR) is 223 cm³/mol. The molecule has 0 aliphatic carbocycles. The summed E-state index contributed by atoms with van der Waals surface area (Å²) in [6, 6.07) is 0. The second kappa shape index (κ2) is 41.5. The van der Waals surface area contributed by atoms with Gasteiger partial charge in [-0.2, -0.15) is 0 Å². The third-order valence-electron chi connectivity index (χ3n) is 7.45. The van der Waals surface area contributed by atoms with Crippen molar-refractivity contribution >= 4 is 11.9 Å². The predicted octanol–water partition coefficient (Wildman–Crippen LogP) is 12.6. The summed E-state index contributed by atoms with van der Waals surface area (Å²) in [5.74, 6) is -0.743. The molecule has 0 aromatic heterocycles. The Morgan fingerprint density at radius 3 is 1.19 bits per heavy atom. The van der Waals surface area contributed by atoms with Crippen LogP contribution in [0, 0.1) is 0 Å². The van der Waals surface area contributed by atoms with Crippen molar-refractivity contribution in [1.29, 1.82) is 0 Å². The first kappa shape index (κ1) is 48.0. The van der Waals surface area contributed by atoms with E-state index in [1.165, 1.54) is 0 Å². The van der Waals surface area contributed by atoms with Crippen molar-refractivity contribution in [2.45, 2.75) is 136 Å². The van der Waals surface area contributed by atoms with Crippen molar-refractivity contribution in [1.82, 2.24) is 0 Å². The van der Waals surface area contributed by atoms with Crippen molar-refractivity contribution in [3.8, 4) is 0 Å². The highest BCUT2D eigenvalue weighted by molar-refractivity contribution is 5.70. The van der Waals surface area contributed by atoms with Crippen LogP contribution in [0.5, 0.6) is 0 Å². The molecule has 0 amide bonds. The number of esters is 2. The Labute approximate surface area is 317 Å². The number of aliphatic hydroxyl groups excluding tert-OH is 1. The van der Waals surface area contributed by atoms with Gasteiger partial charge in [0.2, 0.25) is 0 Å². The second-order valence-electron chi connectivity index (χ2n) is 12.2. The van der Waals surface area contributed by atoms with Gasteiger partial charge >= 0.3 is 11.9 Å². The molecule has 1 N–H and O–H groups in total. The van der Waals surface area contributed by atoms with Crippen LogP contribution < -0.4 is 0 Å².